The van der Waals surface area contributed by atoms with E-state index >= 15 is 0 Å². The molecule has 2 aliphatic carbocycles. The lowest BCUT2D eigenvalue weighted by atomic mass is 9.80. The van der Waals surface area contributed by atoms with Crippen molar-refractivity contribution >= 4 is 22.8 Å². The molecule has 1 aromatic rings. The minimum absolute atomic E-state index is 0.153. The molecule has 0 atom stereocenters. The zero-order valence-corrected chi connectivity index (χ0v) is 26.0. The molecule has 2 heterocycles. The van der Waals surface area contributed by atoms with Crippen LogP contribution in [0.15, 0.2) is 65.5 Å². The van der Waals surface area contributed by atoms with Crippen molar-refractivity contribution in [3.8, 4) is 0 Å². The Morgan fingerprint density at radius 3 is 1.71 bits per heavy atom. The molecule has 8 heteroatoms. The predicted molar refractivity (Wildman–Crippen MR) is 169 cm³/mol. The number of hydrazine groups is 2. The highest BCUT2D eigenvalue weighted by atomic mass is 16.3. The highest BCUT2D eigenvalue weighted by Gasteiger charge is 2.31. The fourth-order valence-electron chi connectivity index (χ4n) is 6.45. The Bertz CT molecular complexity index is 1230. The lowest BCUT2D eigenvalue weighted by molar-refractivity contribution is -0.529. The number of allylic oxidation sites excluding steroid dienone is 7. The fourth-order valence-corrected chi connectivity index (χ4v) is 6.45. The minimum Gasteiger partial charge on any atom is -0.871 e. The van der Waals surface area contributed by atoms with Crippen molar-refractivity contribution in [3.63, 3.8) is 0 Å². The first-order valence-corrected chi connectivity index (χ1v) is 15.9. The number of anilines is 1. The third kappa shape index (κ3) is 6.62. The van der Waals surface area contributed by atoms with Gasteiger partial charge >= 0.3 is 0 Å². The molecule has 0 spiro atoms. The maximum absolute atomic E-state index is 13.2. The van der Waals surface area contributed by atoms with E-state index in [0.29, 0.717) is 22.3 Å². The van der Waals surface area contributed by atoms with Crippen LogP contribution in [-0.4, -0.2) is 116 Å². The van der Waals surface area contributed by atoms with Crippen LogP contribution >= 0.6 is 0 Å². The summed E-state index contributed by atoms with van der Waals surface area (Å²) in [7, 11) is 4.39. The molecule has 0 amide bonds. The number of hydrogen-bond acceptors (Lipinski definition) is 7. The maximum Gasteiger partial charge on any atom is 0.200 e. The lowest BCUT2D eigenvalue weighted by Gasteiger charge is -2.32. The van der Waals surface area contributed by atoms with E-state index in [9.17, 15) is 9.90 Å². The molecule has 0 bridgehead atoms. The van der Waals surface area contributed by atoms with Gasteiger partial charge in [0, 0.05) is 82.3 Å². The second-order valence-corrected chi connectivity index (χ2v) is 11.7. The van der Waals surface area contributed by atoms with Crippen LogP contribution in [0.1, 0.15) is 45.1 Å². The quantitative estimate of drug-likeness (QED) is 0.282. The number of ketones is 1. The van der Waals surface area contributed by atoms with Crippen LogP contribution in [-0.2, 0) is 4.79 Å². The molecule has 0 saturated carbocycles. The summed E-state index contributed by atoms with van der Waals surface area (Å²) in [6.45, 7) is 14.4. The van der Waals surface area contributed by atoms with Crippen molar-refractivity contribution in [3.05, 3.63) is 71.0 Å². The molecule has 226 valence electrons. The number of likely N-dealkylation sites (N-methyl/N-ethyl adjacent to an activating group) is 2. The summed E-state index contributed by atoms with van der Waals surface area (Å²) in [5, 5.41) is 22.8. The summed E-state index contributed by atoms with van der Waals surface area (Å²) >= 11 is 0. The molecular formula is C34H48N6O2. The van der Waals surface area contributed by atoms with E-state index in [1.54, 1.807) is 0 Å². The van der Waals surface area contributed by atoms with E-state index < -0.39 is 0 Å². The van der Waals surface area contributed by atoms with Gasteiger partial charge in [0.2, 0.25) is 0 Å². The van der Waals surface area contributed by atoms with Gasteiger partial charge in [-0.3, -0.25) is 4.79 Å². The summed E-state index contributed by atoms with van der Waals surface area (Å²) in [4.78, 5) is 15.4. The summed E-state index contributed by atoms with van der Waals surface area (Å²) in [5.74, 6) is -0.306. The van der Waals surface area contributed by atoms with Gasteiger partial charge in [-0.25, -0.2) is 24.6 Å². The summed E-state index contributed by atoms with van der Waals surface area (Å²) < 4.78 is 2.44. The molecule has 0 radical (unpaired) electrons. The smallest absolute Gasteiger partial charge is 0.200 e. The molecular weight excluding hydrogens is 524 g/mol. The molecule has 42 heavy (non-hydrogen) atoms. The fraction of sp³-hybridized carbons (Fsp3) is 0.529. The van der Waals surface area contributed by atoms with Crippen molar-refractivity contribution in [1.29, 1.82) is 0 Å². The van der Waals surface area contributed by atoms with Gasteiger partial charge in [0.05, 0.1) is 13.1 Å². The highest BCUT2D eigenvalue weighted by molar-refractivity contribution is 6.39. The number of rotatable bonds is 12. The van der Waals surface area contributed by atoms with E-state index in [0.717, 1.165) is 76.8 Å². The Morgan fingerprint density at radius 2 is 1.26 bits per heavy atom. The van der Waals surface area contributed by atoms with Gasteiger partial charge in [-0.05, 0) is 75.0 Å². The Labute approximate surface area is 252 Å². The van der Waals surface area contributed by atoms with E-state index in [-0.39, 0.29) is 11.5 Å². The molecule has 1 aromatic carbocycles. The van der Waals surface area contributed by atoms with Gasteiger partial charge in [-0.15, -0.1) is 0 Å². The average molecular weight is 573 g/mol. The van der Waals surface area contributed by atoms with Gasteiger partial charge in [0.1, 0.15) is 0 Å². The van der Waals surface area contributed by atoms with Crippen LogP contribution < -0.4 is 10.0 Å². The van der Waals surface area contributed by atoms with Gasteiger partial charge in [0.15, 0.2) is 24.6 Å². The van der Waals surface area contributed by atoms with Gasteiger partial charge in [-0.2, -0.15) is 0 Å². The maximum atomic E-state index is 13.2. The van der Waals surface area contributed by atoms with Crippen molar-refractivity contribution in [2.45, 2.75) is 39.5 Å². The third-order valence-corrected chi connectivity index (χ3v) is 9.23. The first kappa shape index (κ1) is 30.4. The highest BCUT2D eigenvalue weighted by Crippen LogP contribution is 2.37. The van der Waals surface area contributed by atoms with Gasteiger partial charge in [0.25, 0.3) is 0 Å². The van der Waals surface area contributed by atoms with Crippen molar-refractivity contribution < 1.29 is 14.5 Å². The summed E-state index contributed by atoms with van der Waals surface area (Å²) in [6, 6.07) is 7.79. The van der Waals surface area contributed by atoms with Gasteiger partial charge in [-0.1, -0.05) is 17.9 Å². The van der Waals surface area contributed by atoms with E-state index in [1.807, 2.05) is 36.4 Å². The summed E-state index contributed by atoms with van der Waals surface area (Å²) in [5.41, 5.74) is 4.25. The number of Topliss-reactive ketones (excluding diaryl/α,β-unsaturated/α-hetero) is 1. The van der Waals surface area contributed by atoms with Crippen molar-refractivity contribution in [2.75, 3.05) is 84.4 Å². The van der Waals surface area contributed by atoms with Gasteiger partial charge < -0.3 is 10.0 Å². The van der Waals surface area contributed by atoms with Crippen LogP contribution in [0, 0.1) is 0 Å². The molecule has 4 aliphatic rings. The van der Waals surface area contributed by atoms with E-state index in [1.165, 1.54) is 25.7 Å². The Morgan fingerprint density at radius 1 is 0.762 bits per heavy atom. The SMILES string of the molecule is CCN(CC)c1ccc(C2=C([O-])C(=C3C=CC(=[N+](CCN(C)N4CCCC4)CCN(C)N4CCCC4)C=C3)C2=O)cc1. The van der Waals surface area contributed by atoms with Crippen molar-refractivity contribution in [1.82, 2.24) is 20.0 Å². The Kier molecular flexibility index (Phi) is 10.1. The zero-order chi connectivity index (χ0) is 29.6. The van der Waals surface area contributed by atoms with Crippen LogP contribution in [0.5, 0.6) is 0 Å². The predicted octanol–water partition coefficient (Wildman–Crippen LogP) is 2.95. The second-order valence-electron chi connectivity index (χ2n) is 11.7. The van der Waals surface area contributed by atoms with Crippen molar-refractivity contribution in [2.24, 2.45) is 0 Å². The molecule has 0 aromatic heterocycles. The molecule has 0 unspecified atom stereocenters. The standard InChI is InChI=1S/C34H48N6O2/c1-5-37(6-2)29-15-11-27(12-16-29)31-33(41)32(34(31)42)28-13-17-30(18-14-28)38(25-23-35(3)39-19-7-8-20-39)26-24-36(4)40-21-9-10-22-40/h11-18H,5-10,19-26H2,1-4H3. The summed E-state index contributed by atoms with van der Waals surface area (Å²) in [6.07, 6.45) is 13.1. The molecule has 8 nitrogen and oxygen atoms in total. The average Bonchev–Trinajstić information content (AvgIpc) is 3.75. The van der Waals surface area contributed by atoms with Crippen LogP contribution in [0.25, 0.3) is 5.57 Å². The monoisotopic (exact) mass is 572 g/mol. The largest absolute Gasteiger partial charge is 0.871 e. The normalized spacial score (nSPS) is 19.7. The van der Waals surface area contributed by atoms with E-state index in [4.69, 9.17) is 0 Å². The first-order chi connectivity index (χ1) is 20.4. The Hall–Kier alpha value is -3.04. The van der Waals surface area contributed by atoms with Crippen LogP contribution in [0.3, 0.4) is 0 Å². The number of nitrogens with zero attached hydrogens (tertiary/aromatic N) is 6. The number of benzene rings is 1. The number of carbonyl (C=O) groups excluding carboxylic acids is 1. The number of hydrogen-bond donors (Lipinski definition) is 0. The molecule has 2 aliphatic heterocycles. The topological polar surface area (TPSA) is 59.3 Å². The lowest BCUT2D eigenvalue weighted by Crippen LogP contribution is -2.44. The van der Waals surface area contributed by atoms with Crippen LogP contribution in [0.2, 0.25) is 0 Å². The molecule has 2 fully saturated rings. The van der Waals surface area contributed by atoms with E-state index in [2.05, 4.69) is 69.6 Å². The third-order valence-electron chi connectivity index (χ3n) is 9.23. The first-order valence-electron chi connectivity index (χ1n) is 15.9. The molecule has 2 saturated heterocycles. The number of carbonyl (C=O) groups is 1. The Balaban J connectivity index is 1.32. The second kappa shape index (κ2) is 14.0. The molecule has 5 rings (SSSR count). The minimum atomic E-state index is -0.153. The molecule has 0 N–H and O–H groups in total. The zero-order valence-electron chi connectivity index (χ0n) is 26.0. The van der Waals surface area contributed by atoms with Crippen LogP contribution in [0.4, 0.5) is 5.69 Å².